The van der Waals surface area contributed by atoms with Gasteiger partial charge in [0, 0.05) is 0 Å². The molecule has 14 heavy (non-hydrogen) atoms. The molecule has 2 nitrogen and oxygen atoms in total. The van der Waals surface area contributed by atoms with Crippen LogP contribution in [0.15, 0.2) is 24.3 Å². The van der Waals surface area contributed by atoms with Crippen LogP contribution >= 0.6 is 0 Å². The van der Waals surface area contributed by atoms with Crippen molar-refractivity contribution in [1.29, 1.82) is 0 Å². The summed E-state index contributed by atoms with van der Waals surface area (Å²) in [4.78, 5) is 0. The van der Waals surface area contributed by atoms with Crippen LogP contribution < -0.4 is 4.74 Å². The average Bonchev–Trinajstić information content (AvgIpc) is 2.92. The van der Waals surface area contributed by atoms with Crippen LogP contribution in [0.3, 0.4) is 0 Å². The maximum atomic E-state index is 5.36. The first-order chi connectivity index (χ1) is 6.79. The van der Waals surface area contributed by atoms with Gasteiger partial charge in [0.05, 0.1) is 19.3 Å². The molecule has 0 N–H and O–H groups in total. The Morgan fingerprint density at radius 3 is 2.43 bits per heavy atom. The third-order valence-corrected chi connectivity index (χ3v) is 2.71. The molecule has 2 rings (SSSR count). The molecule has 1 aromatic carbocycles. The molecular weight excluding hydrogens is 176 g/mol. The second-order valence-corrected chi connectivity index (χ2v) is 3.77. The minimum absolute atomic E-state index is 0.480. The summed E-state index contributed by atoms with van der Waals surface area (Å²) in [7, 11) is 1.69. The lowest BCUT2D eigenvalue weighted by molar-refractivity contribution is 0.370. The van der Waals surface area contributed by atoms with E-state index in [0.717, 1.165) is 18.6 Å². The molecule has 76 valence electrons. The molecule has 1 aliphatic rings. The number of hydrogen-bond donors (Lipinski definition) is 0. The van der Waals surface area contributed by atoms with Gasteiger partial charge >= 0.3 is 0 Å². The number of benzene rings is 1. The van der Waals surface area contributed by atoms with Crippen molar-refractivity contribution in [3.8, 4) is 5.75 Å². The molecule has 2 heteroatoms. The van der Waals surface area contributed by atoms with Crippen molar-refractivity contribution in [2.75, 3.05) is 7.11 Å². The van der Waals surface area contributed by atoms with Gasteiger partial charge in [0.25, 0.3) is 0 Å². The minimum atomic E-state index is 0.480. The van der Waals surface area contributed by atoms with Crippen LogP contribution in [0.2, 0.25) is 0 Å². The quantitative estimate of drug-likeness (QED) is 0.683. The molecular formula is C12H16O2. The van der Waals surface area contributed by atoms with E-state index in [2.05, 4.69) is 19.1 Å². The van der Waals surface area contributed by atoms with Crippen molar-refractivity contribution in [3.05, 3.63) is 29.8 Å². The number of ether oxygens (including phenoxy) is 2. The van der Waals surface area contributed by atoms with Crippen molar-refractivity contribution in [3.63, 3.8) is 0 Å². The summed E-state index contributed by atoms with van der Waals surface area (Å²) in [5, 5.41) is 0. The SMILES string of the molecule is COc1ccc(CCC2OC2C)cc1. The van der Waals surface area contributed by atoms with E-state index in [9.17, 15) is 0 Å². The molecule has 1 fully saturated rings. The molecule has 0 amide bonds. The third kappa shape index (κ3) is 2.26. The maximum absolute atomic E-state index is 5.36. The van der Waals surface area contributed by atoms with Gasteiger partial charge in [0.15, 0.2) is 0 Å². The van der Waals surface area contributed by atoms with Crippen molar-refractivity contribution in [2.45, 2.75) is 32.0 Å². The highest BCUT2D eigenvalue weighted by atomic mass is 16.6. The summed E-state index contributed by atoms with van der Waals surface area (Å²) in [5.41, 5.74) is 1.36. The fourth-order valence-electron chi connectivity index (χ4n) is 1.63. The van der Waals surface area contributed by atoms with Gasteiger partial charge in [0.1, 0.15) is 5.75 Å². The van der Waals surface area contributed by atoms with Crippen LogP contribution in [0.4, 0.5) is 0 Å². The highest BCUT2D eigenvalue weighted by Crippen LogP contribution is 2.26. The van der Waals surface area contributed by atoms with Crippen LogP contribution in [-0.2, 0) is 11.2 Å². The van der Waals surface area contributed by atoms with E-state index in [4.69, 9.17) is 9.47 Å². The predicted octanol–water partition coefficient (Wildman–Crippen LogP) is 2.42. The van der Waals surface area contributed by atoms with Gasteiger partial charge in [-0.3, -0.25) is 0 Å². The Labute approximate surface area is 84.8 Å². The van der Waals surface area contributed by atoms with Crippen LogP contribution in [0, 0.1) is 0 Å². The van der Waals surface area contributed by atoms with Gasteiger partial charge in [0.2, 0.25) is 0 Å². The molecule has 1 aromatic rings. The van der Waals surface area contributed by atoms with Crippen LogP contribution in [0.25, 0.3) is 0 Å². The average molecular weight is 192 g/mol. The second-order valence-electron chi connectivity index (χ2n) is 3.77. The van der Waals surface area contributed by atoms with Gasteiger partial charge in [-0.25, -0.2) is 0 Å². The second kappa shape index (κ2) is 4.01. The van der Waals surface area contributed by atoms with E-state index in [0.29, 0.717) is 12.2 Å². The molecule has 1 saturated heterocycles. The standard InChI is InChI=1S/C12H16O2/c1-9-12(14-9)8-5-10-3-6-11(13-2)7-4-10/h3-4,6-7,9,12H,5,8H2,1-2H3. The van der Waals surface area contributed by atoms with Crippen molar-refractivity contribution < 1.29 is 9.47 Å². The lowest BCUT2D eigenvalue weighted by Gasteiger charge is -2.01. The number of rotatable bonds is 4. The molecule has 0 spiro atoms. The largest absolute Gasteiger partial charge is 0.497 e. The molecule has 0 aliphatic carbocycles. The molecule has 2 atom stereocenters. The normalized spacial score (nSPS) is 24.7. The van der Waals surface area contributed by atoms with Crippen LogP contribution in [-0.4, -0.2) is 19.3 Å². The molecule has 2 unspecified atom stereocenters. The Bertz CT molecular complexity index is 292. The topological polar surface area (TPSA) is 21.8 Å². The zero-order valence-corrected chi connectivity index (χ0v) is 8.69. The summed E-state index contributed by atoms with van der Waals surface area (Å²) in [6.45, 7) is 2.12. The van der Waals surface area contributed by atoms with E-state index in [1.807, 2.05) is 12.1 Å². The van der Waals surface area contributed by atoms with Gasteiger partial charge in [-0.1, -0.05) is 12.1 Å². The number of hydrogen-bond acceptors (Lipinski definition) is 2. The van der Waals surface area contributed by atoms with E-state index in [1.165, 1.54) is 5.56 Å². The zero-order chi connectivity index (χ0) is 9.97. The van der Waals surface area contributed by atoms with Crippen LogP contribution in [0.5, 0.6) is 5.75 Å². The zero-order valence-electron chi connectivity index (χ0n) is 8.69. The Hall–Kier alpha value is -1.02. The Balaban J connectivity index is 1.84. The van der Waals surface area contributed by atoms with Gasteiger partial charge in [-0.2, -0.15) is 0 Å². The monoisotopic (exact) mass is 192 g/mol. The molecule has 1 heterocycles. The first kappa shape index (κ1) is 9.53. The maximum Gasteiger partial charge on any atom is 0.118 e. The van der Waals surface area contributed by atoms with E-state index in [-0.39, 0.29) is 0 Å². The summed E-state index contributed by atoms with van der Waals surface area (Å²) in [5.74, 6) is 0.921. The van der Waals surface area contributed by atoms with Gasteiger partial charge in [-0.05, 0) is 37.5 Å². The van der Waals surface area contributed by atoms with E-state index < -0.39 is 0 Å². The fraction of sp³-hybridized carbons (Fsp3) is 0.500. The van der Waals surface area contributed by atoms with Crippen LogP contribution in [0.1, 0.15) is 18.9 Å². The Kier molecular flexibility index (Phi) is 2.73. The first-order valence-electron chi connectivity index (χ1n) is 5.08. The van der Waals surface area contributed by atoms with Crippen molar-refractivity contribution in [2.24, 2.45) is 0 Å². The smallest absolute Gasteiger partial charge is 0.118 e. The number of methoxy groups -OCH3 is 1. The van der Waals surface area contributed by atoms with E-state index >= 15 is 0 Å². The van der Waals surface area contributed by atoms with Gasteiger partial charge in [-0.15, -0.1) is 0 Å². The van der Waals surface area contributed by atoms with Crippen molar-refractivity contribution in [1.82, 2.24) is 0 Å². The van der Waals surface area contributed by atoms with Gasteiger partial charge < -0.3 is 9.47 Å². The molecule has 0 aromatic heterocycles. The number of aryl methyl sites for hydroxylation is 1. The molecule has 1 aliphatic heterocycles. The molecule has 0 bridgehead atoms. The molecule has 0 radical (unpaired) electrons. The summed E-state index contributed by atoms with van der Waals surface area (Å²) in [6.07, 6.45) is 3.21. The third-order valence-electron chi connectivity index (χ3n) is 2.71. The highest BCUT2D eigenvalue weighted by Gasteiger charge is 2.33. The van der Waals surface area contributed by atoms with E-state index in [1.54, 1.807) is 7.11 Å². The summed E-state index contributed by atoms with van der Waals surface area (Å²) in [6, 6.07) is 8.25. The number of epoxide rings is 1. The minimum Gasteiger partial charge on any atom is -0.497 e. The molecule has 0 saturated carbocycles. The Morgan fingerprint density at radius 2 is 1.93 bits per heavy atom. The highest BCUT2D eigenvalue weighted by molar-refractivity contribution is 5.27. The lowest BCUT2D eigenvalue weighted by atomic mass is 10.1. The Morgan fingerprint density at radius 1 is 1.29 bits per heavy atom. The first-order valence-corrected chi connectivity index (χ1v) is 5.08. The lowest BCUT2D eigenvalue weighted by Crippen LogP contribution is -1.93. The summed E-state index contributed by atoms with van der Waals surface area (Å²) < 4.78 is 10.5. The predicted molar refractivity (Wildman–Crippen MR) is 55.7 cm³/mol. The van der Waals surface area contributed by atoms with Crippen molar-refractivity contribution >= 4 is 0 Å². The fourth-order valence-corrected chi connectivity index (χ4v) is 1.63. The summed E-state index contributed by atoms with van der Waals surface area (Å²) >= 11 is 0.